The van der Waals surface area contributed by atoms with Gasteiger partial charge in [-0.25, -0.2) is 4.98 Å². The molecule has 1 aliphatic heterocycles. The highest BCUT2D eigenvalue weighted by molar-refractivity contribution is 6.05. The fourth-order valence-corrected chi connectivity index (χ4v) is 3.47. The van der Waals surface area contributed by atoms with E-state index >= 15 is 0 Å². The number of aromatic nitrogens is 2. The minimum Gasteiger partial charge on any atom is -0.467 e. The van der Waals surface area contributed by atoms with Gasteiger partial charge in [0.1, 0.15) is 11.6 Å². The summed E-state index contributed by atoms with van der Waals surface area (Å²) >= 11 is 0. The quantitative estimate of drug-likeness (QED) is 0.736. The van der Waals surface area contributed by atoms with Crippen molar-refractivity contribution in [2.45, 2.75) is 20.4 Å². The van der Waals surface area contributed by atoms with Crippen LogP contribution in [0, 0.1) is 13.8 Å². The molecule has 0 aromatic carbocycles. The van der Waals surface area contributed by atoms with Crippen molar-refractivity contribution in [1.29, 1.82) is 0 Å². The summed E-state index contributed by atoms with van der Waals surface area (Å²) in [5.74, 6) is 1.62. The standard InChI is InChI=1S/C21H24N4O3/c1-15-12-19(16(2)25(15)14-18-4-3-9-28-18)21(26)23-17-5-6-20(22-13-17)24-7-10-27-11-8-24/h3-6,9,12-13H,7-8,10-11,14H2,1-2H3,(H,23,26). The lowest BCUT2D eigenvalue weighted by Crippen LogP contribution is -2.36. The van der Waals surface area contributed by atoms with E-state index in [1.54, 1.807) is 12.5 Å². The number of pyridine rings is 1. The molecule has 4 heterocycles. The van der Waals surface area contributed by atoms with Crippen LogP contribution in [0.2, 0.25) is 0 Å². The second-order valence-electron chi connectivity index (χ2n) is 6.91. The van der Waals surface area contributed by atoms with Gasteiger partial charge >= 0.3 is 0 Å². The van der Waals surface area contributed by atoms with Gasteiger partial charge in [0.25, 0.3) is 5.91 Å². The zero-order valence-corrected chi connectivity index (χ0v) is 16.1. The second-order valence-corrected chi connectivity index (χ2v) is 6.91. The minimum absolute atomic E-state index is 0.139. The van der Waals surface area contributed by atoms with Crippen LogP contribution in [0.5, 0.6) is 0 Å². The number of aryl methyl sites for hydroxylation is 1. The molecule has 0 unspecified atom stereocenters. The summed E-state index contributed by atoms with van der Waals surface area (Å²) in [5, 5.41) is 2.95. The molecule has 0 spiro atoms. The molecule has 1 fully saturated rings. The van der Waals surface area contributed by atoms with Gasteiger partial charge in [-0.2, -0.15) is 0 Å². The maximum atomic E-state index is 12.8. The molecular weight excluding hydrogens is 356 g/mol. The van der Waals surface area contributed by atoms with Crippen LogP contribution in [-0.2, 0) is 11.3 Å². The Morgan fingerprint density at radius 3 is 2.71 bits per heavy atom. The van der Waals surface area contributed by atoms with Crippen LogP contribution in [-0.4, -0.2) is 41.8 Å². The second kappa shape index (κ2) is 7.90. The molecule has 1 amide bonds. The van der Waals surface area contributed by atoms with E-state index in [9.17, 15) is 4.79 Å². The Labute approximate surface area is 163 Å². The van der Waals surface area contributed by atoms with E-state index in [0.717, 1.165) is 36.1 Å². The molecule has 0 aliphatic carbocycles. The number of ether oxygens (including phenoxy) is 1. The molecule has 0 radical (unpaired) electrons. The highest BCUT2D eigenvalue weighted by Gasteiger charge is 2.17. The number of rotatable bonds is 5. The third kappa shape index (κ3) is 3.80. The smallest absolute Gasteiger partial charge is 0.257 e. The zero-order valence-electron chi connectivity index (χ0n) is 16.1. The van der Waals surface area contributed by atoms with Crippen LogP contribution < -0.4 is 10.2 Å². The van der Waals surface area contributed by atoms with Crippen LogP contribution in [0.1, 0.15) is 27.5 Å². The highest BCUT2D eigenvalue weighted by atomic mass is 16.5. The van der Waals surface area contributed by atoms with Crippen molar-refractivity contribution < 1.29 is 13.9 Å². The van der Waals surface area contributed by atoms with Gasteiger partial charge in [0.15, 0.2) is 0 Å². The number of morpholine rings is 1. The van der Waals surface area contributed by atoms with E-state index in [1.807, 2.05) is 44.2 Å². The monoisotopic (exact) mass is 380 g/mol. The Morgan fingerprint density at radius 1 is 1.21 bits per heavy atom. The summed E-state index contributed by atoms with van der Waals surface area (Å²) in [6.45, 7) is 7.64. The Bertz CT molecular complexity index is 939. The topological polar surface area (TPSA) is 72.5 Å². The summed E-state index contributed by atoms with van der Waals surface area (Å²) in [4.78, 5) is 19.4. The van der Waals surface area contributed by atoms with Crippen molar-refractivity contribution >= 4 is 17.4 Å². The largest absolute Gasteiger partial charge is 0.467 e. The molecule has 28 heavy (non-hydrogen) atoms. The predicted octanol–water partition coefficient (Wildman–Crippen LogP) is 3.23. The lowest BCUT2D eigenvalue weighted by Gasteiger charge is -2.27. The molecule has 7 nitrogen and oxygen atoms in total. The van der Waals surface area contributed by atoms with Crippen LogP contribution in [0.25, 0.3) is 0 Å². The van der Waals surface area contributed by atoms with Crippen LogP contribution in [0.3, 0.4) is 0 Å². The average molecular weight is 380 g/mol. The van der Waals surface area contributed by atoms with E-state index in [-0.39, 0.29) is 5.91 Å². The van der Waals surface area contributed by atoms with Crippen molar-refractivity contribution in [3.05, 3.63) is 65.5 Å². The van der Waals surface area contributed by atoms with E-state index < -0.39 is 0 Å². The number of carbonyl (C=O) groups is 1. The lowest BCUT2D eigenvalue weighted by atomic mass is 10.2. The maximum Gasteiger partial charge on any atom is 0.257 e. The fraction of sp³-hybridized carbons (Fsp3) is 0.333. The number of anilines is 2. The number of hydrogen-bond acceptors (Lipinski definition) is 5. The molecule has 0 bridgehead atoms. The third-order valence-electron chi connectivity index (χ3n) is 5.05. The number of furan rings is 1. The Balaban J connectivity index is 1.46. The predicted molar refractivity (Wildman–Crippen MR) is 107 cm³/mol. The van der Waals surface area contributed by atoms with E-state index in [4.69, 9.17) is 9.15 Å². The van der Waals surface area contributed by atoms with Gasteiger partial charge in [0.05, 0.1) is 43.5 Å². The lowest BCUT2D eigenvalue weighted by molar-refractivity contribution is 0.102. The van der Waals surface area contributed by atoms with Gasteiger partial charge in [-0.05, 0) is 44.2 Å². The van der Waals surface area contributed by atoms with Gasteiger partial charge in [-0.3, -0.25) is 4.79 Å². The summed E-state index contributed by atoms with van der Waals surface area (Å²) < 4.78 is 12.9. The number of nitrogens with zero attached hydrogens (tertiary/aromatic N) is 3. The summed E-state index contributed by atoms with van der Waals surface area (Å²) in [5.41, 5.74) is 3.25. The first kappa shape index (κ1) is 18.3. The molecule has 7 heteroatoms. The SMILES string of the molecule is Cc1cc(C(=O)Nc2ccc(N3CCOCC3)nc2)c(C)n1Cc1ccco1. The van der Waals surface area contributed by atoms with Crippen molar-refractivity contribution in [2.24, 2.45) is 0 Å². The van der Waals surface area contributed by atoms with E-state index in [0.29, 0.717) is 31.0 Å². The van der Waals surface area contributed by atoms with Crippen LogP contribution >= 0.6 is 0 Å². The van der Waals surface area contributed by atoms with Crippen molar-refractivity contribution in [2.75, 3.05) is 36.5 Å². The molecule has 0 atom stereocenters. The molecule has 146 valence electrons. The number of amides is 1. The van der Waals surface area contributed by atoms with Gasteiger partial charge in [0, 0.05) is 24.5 Å². The van der Waals surface area contributed by atoms with Crippen molar-refractivity contribution in [1.82, 2.24) is 9.55 Å². The normalized spacial score (nSPS) is 14.3. The van der Waals surface area contributed by atoms with Gasteiger partial charge in [-0.15, -0.1) is 0 Å². The summed E-state index contributed by atoms with van der Waals surface area (Å²) in [6.07, 6.45) is 3.36. The first-order valence-electron chi connectivity index (χ1n) is 9.41. The van der Waals surface area contributed by atoms with E-state index in [1.165, 1.54) is 0 Å². The minimum atomic E-state index is -0.139. The zero-order chi connectivity index (χ0) is 19.5. The highest BCUT2D eigenvalue weighted by Crippen LogP contribution is 2.20. The molecule has 1 aliphatic rings. The molecule has 1 saturated heterocycles. The van der Waals surface area contributed by atoms with Gasteiger partial charge in [-0.1, -0.05) is 0 Å². The molecule has 3 aromatic rings. The molecule has 3 aromatic heterocycles. The van der Waals surface area contributed by atoms with Gasteiger partial charge in [0.2, 0.25) is 0 Å². The fourth-order valence-electron chi connectivity index (χ4n) is 3.47. The van der Waals surface area contributed by atoms with E-state index in [2.05, 4.69) is 19.8 Å². The number of nitrogens with one attached hydrogen (secondary N) is 1. The summed E-state index contributed by atoms with van der Waals surface area (Å²) in [6, 6.07) is 9.52. The third-order valence-corrected chi connectivity index (χ3v) is 5.05. The van der Waals surface area contributed by atoms with Crippen LogP contribution in [0.15, 0.2) is 47.2 Å². The molecular formula is C21H24N4O3. The average Bonchev–Trinajstić information content (AvgIpc) is 3.33. The number of hydrogen-bond donors (Lipinski definition) is 1. The van der Waals surface area contributed by atoms with Crippen LogP contribution in [0.4, 0.5) is 11.5 Å². The maximum absolute atomic E-state index is 12.8. The first-order chi connectivity index (χ1) is 13.6. The molecule has 1 N–H and O–H groups in total. The molecule has 4 rings (SSSR count). The van der Waals surface area contributed by atoms with Gasteiger partial charge < -0.3 is 23.9 Å². The van der Waals surface area contributed by atoms with Crippen molar-refractivity contribution in [3.8, 4) is 0 Å². The Hall–Kier alpha value is -3.06. The van der Waals surface area contributed by atoms with Crippen molar-refractivity contribution in [3.63, 3.8) is 0 Å². The Kier molecular flexibility index (Phi) is 5.16. The first-order valence-corrected chi connectivity index (χ1v) is 9.41. The molecule has 0 saturated carbocycles. The summed E-state index contributed by atoms with van der Waals surface area (Å²) in [7, 11) is 0. The number of carbonyl (C=O) groups excluding carboxylic acids is 1. The Morgan fingerprint density at radius 2 is 2.04 bits per heavy atom.